The molecular formula is C29H38N2O2S. The topological polar surface area (TPSA) is 56.5 Å². The molecule has 0 aliphatic heterocycles. The largest absolute Gasteiger partial charge is 0.493 e. The van der Waals surface area contributed by atoms with Crippen LogP contribution < -0.4 is 20.5 Å². The van der Waals surface area contributed by atoms with Crippen LogP contribution in [0.2, 0.25) is 0 Å². The Morgan fingerprint density at radius 2 is 1.53 bits per heavy atom. The number of nitrogens with two attached hydrogens (primary N) is 1. The van der Waals surface area contributed by atoms with Crippen LogP contribution in [0.3, 0.4) is 0 Å². The number of rotatable bonds is 9. The summed E-state index contributed by atoms with van der Waals surface area (Å²) in [4.78, 5) is 1.22. The van der Waals surface area contributed by atoms with Gasteiger partial charge in [-0.05, 0) is 79.2 Å². The lowest BCUT2D eigenvalue weighted by atomic mass is 10.0. The standard InChI is InChI=1S/C17H21NO2.C10H11NS.C2H6/c1-18-11-10-13-4-6-14(7-5-13)15-8-9-16(19-2)17(12-15)20-3;1-2-3-8-12-10-6-4-9(11)5-7-10;1-2/h4-9,12,18H,10-11H2,1-3H3;3-7H,1,8,11H2;1-2H3. The Labute approximate surface area is 209 Å². The van der Waals surface area contributed by atoms with Crippen molar-refractivity contribution in [1.82, 2.24) is 5.32 Å². The fraction of sp³-hybridized carbons (Fsp3) is 0.276. The maximum Gasteiger partial charge on any atom is 0.161 e. The quantitative estimate of drug-likeness (QED) is 0.200. The SMILES string of the molecule is C=C=CCSc1ccc(N)cc1.CC.CNCCc1ccc(-c2ccc(OC)c(OC)c2)cc1. The molecular weight excluding hydrogens is 440 g/mol. The Morgan fingerprint density at radius 1 is 0.912 bits per heavy atom. The molecule has 0 fully saturated rings. The number of methoxy groups -OCH3 is 2. The molecule has 5 heteroatoms. The first-order valence-electron chi connectivity index (χ1n) is 11.4. The Bertz CT molecular complexity index is 996. The van der Waals surface area contributed by atoms with Crippen LogP contribution in [0.25, 0.3) is 11.1 Å². The second-order valence-corrected chi connectivity index (χ2v) is 8.00. The van der Waals surface area contributed by atoms with Gasteiger partial charge in [-0.15, -0.1) is 17.5 Å². The predicted molar refractivity (Wildman–Crippen MR) is 149 cm³/mol. The summed E-state index contributed by atoms with van der Waals surface area (Å²) in [6.07, 6.45) is 2.95. The highest BCUT2D eigenvalue weighted by atomic mass is 32.2. The maximum absolute atomic E-state index is 5.54. The van der Waals surface area contributed by atoms with Gasteiger partial charge >= 0.3 is 0 Å². The van der Waals surface area contributed by atoms with Crippen molar-refractivity contribution < 1.29 is 9.47 Å². The molecule has 0 bridgehead atoms. The van der Waals surface area contributed by atoms with E-state index in [1.807, 2.05) is 69.4 Å². The average molecular weight is 479 g/mol. The van der Waals surface area contributed by atoms with Gasteiger partial charge in [0.1, 0.15) is 0 Å². The van der Waals surface area contributed by atoms with Crippen LogP contribution in [0.4, 0.5) is 5.69 Å². The highest BCUT2D eigenvalue weighted by Gasteiger charge is 2.06. The number of nitrogen functional groups attached to an aromatic ring is 1. The number of hydrogen-bond acceptors (Lipinski definition) is 5. The number of thioether (sulfide) groups is 1. The number of anilines is 1. The van der Waals surface area contributed by atoms with Crippen molar-refractivity contribution in [3.8, 4) is 22.6 Å². The van der Waals surface area contributed by atoms with Crippen LogP contribution >= 0.6 is 11.8 Å². The summed E-state index contributed by atoms with van der Waals surface area (Å²) in [5.74, 6) is 2.42. The van der Waals surface area contributed by atoms with Crippen molar-refractivity contribution in [1.29, 1.82) is 0 Å². The van der Waals surface area contributed by atoms with Crippen LogP contribution in [-0.2, 0) is 6.42 Å². The molecule has 3 aromatic carbocycles. The zero-order chi connectivity index (χ0) is 25.2. The fourth-order valence-electron chi connectivity index (χ4n) is 2.91. The maximum atomic E-state index is 5.54. The highest BCUT2D eigenvalue weighted by Crippen LogP contribution is 2.32. The normalized spacial score (nSPS) is 9.44. The lowest BCUT2D eigenvalue weighted by molar-refractivity contribution is 0.355. The predicted octanol–water partition coefficient (Wildman–Crippen LogP) is 6.86. The van der Waals surface area contributed by atoms with Gasteiger partial charge in [-0.2, -0.15) is 0 Å². The van der Waals surface area contributed by atoms with Gasteiger partial charge in [-0.3, -0.25) is 0 Å². The third-order valence-electron chi connectivity index (χ3n) is 4.69. The highest BCUT2D eigenvalue weighted by molar-refractivity contribution is 7.99. The molecule has 0 atom stereocenters. The first-order chi connectivity index (χ1) is 16.6. The smallest absolute Gasteiger partial charge is 0.161 e. The number of ether oxygens (including phenoxy) is 2. The van der Waals surface area contributed by atoms with E-state index >= 15 is 0 Å². The second-order valence-electron chi connectivity index (χ2n) is 6.91. The van der Waals surface area contributed by atoms with Crippen molar-refractivity contribution in [2.75, 3.05) is 39.3 Å². The van der Waals surface area contributed by atoms with Crippen molar-refractivity contribution in [3.63, 3.8) is 0 Å². The summed E-state index contributed by atoms with van der Waals surface area (Å²) < 4.78 is 10.6. The van der Waals surface area contributed by atoms with Gasteiger partial charge < -0.3 is 20.5 Å². The number of likely N-dealkylation sites (N-methyl/N-ethyl adjacent to an activating group) is 1. The van der Waals surface area contributed by atoms with E-state index in [1.54, 1.807) is 26.0 Å². The molecule has 0 amide bonds. The Balaban J connectivity index is 0.000000353. The summed E-state index contributed by atoms with van der Waals surface area (Å²) >= 11 is 1.74. The van der Waals surface area contributed by atoms with Gasteiger partial charge in [0.2, 0.25) is 0 Å². The molecule has 0 unspecified atom stereocenters. The van der Waals surface area contributed by atoms with Gasteiger partial charge in [0, 0.05) is 16.3 Å². The van der Waals surface area contributed by atoms with Crippen LogP contribution in [0.1, 0.15) is 19.4 Å². The molecule has 182 valence electrons. The molecule has 0 spiro atoms. The molecule has 0 saturated carbocycles. The molecule has 3 N–H and O–H groups in total. The van der Waals surface area contributed by atoms with Crippen molar-refractivity contribution in [2.24, 2.45) is 0 Å². The molecule has 0 aliphatic rings. The molecule has 34 heavy (non-hydrogen) atoms. The minimum Gasteiger partial charge on any atom is -0.493 e. The zero-order valence-electron chi connectivity index (χ0n) is 21.1. The monoisotopic (exact) mass is 478 g/mol. The van der Waals surface area contributed by atoms with Crippen LogP contribution in [-0.4, -0.2) is 33.6 Å². The Morgan fingerprint density at radius 3 is 2.09 bits per heavy atom. The van der Waals surface area contributed by atoms with Gasteiger partial charge in [-0.1, -0.05) is 50.8 Å². The Hall–Kier alpha value is -3.11. The molecule has 0 heterocycles. The molecule has 0 saturated heterocycles. The van der Waals surface area contributed by atoms with E-state index in [0.29, 0.717) is 0 Å². The summed E-state index contributed by atoms with van der Waals surface area (Å²) in [5.41, 5.74) is 12.7. The summed E-state index contributed by atoms with van der Waals surface area (Å²) in [6, 6.07) is 22.4. The minimum atomic E-state index is 0.752. The van der Waals surface area contributed by atoms with Crippen LogP contribution in [0.15, 0.2) is 90.0 Å². The first kappa shape index (κ1) is 28.9. The lowest BCUT2D eigenvalue weighted by Gasteiger charge is -2.10. The molecule has 3 aromatic rings. The van der Waals surface area contributed by atoms with Crippen molar-refractivity contribution in [2.45, 2.75) is 25.2 Å². The van der Waals surface area contributed by atoms with E-state index in [2.05, 4.69) is 41.9 Å². The average Bonchev–Trinajstić information content (AvgIpc) is 2.90. The van der Waals surface area contributed by atoms with E-state index in [4.69, 9.17) is 15.2 Å². The van der Waals surface area contributed by atoms with Gasteiger partial charge in [-0.25, -0.2) is 0 Å². The number of nitrogens with one attached hydrogen (secondary N) is 1. The molecule has 0 aliphatic carbocycles. The van der Waals surface area contributed by atoms with E-state index in [0.717, 1.165) is 41.5 Å². The van der Waals surface area contributed by atoms with Gasteiger partial charge in [0.25, 0.3) is 0 Å². The van der Waals surface area contributed by atoms with E-state index in [9.17, 15) is 0 Å². The van der Waals surface area contributed by atoms with E-state index in [-0.39, 0.29) is 0 Å². The van der Waals surface area contributed by atoms with Gasteiger partial charge in [0.05, 0.1) is 14.2 Å². The zero-order valence-corrected chi connectivity index (χ0v) is 21.9. The summed E-state index contributed by atoms with van der Waals surface area (Å²) in [5, 5.41) is 3.16. The van der Waals surface area contributed by atoms with Crippen molar-refractivity contribution >= 4 is 17.4 Å². The third-order valence-corrected chi connectivity index (χ3v) is 5.63. The third kappa shape index (κ3) is 10.2. The number of benzene rings is 3. The molecule has 0 radical (unpaired) electrons. The van der Waals surface area contributed by atoms with Crippen LogP contribution in [0, 0.1) is 0 Å². The lowest BCUT2D eigenvalue weighted by Crippen LogP contribution is -2.10. The second kappa shape index (κ2) is 17.4. The Kier molecular flexibility index (Phi) is 14.8. The molecule has 3 rings (SSSR count). The van der Waals surface area contributed by atoms with E-state index in [1.165, 1.54) is 16.0 Å². The summed E-state index contributed by atoms with van der Waals surface area (Å²) in [7, 11) is 5.27. The first-order valence-corrected chi connectivity index (χ1v) is 12.4. The molecule has 0 aromatic heterocycles. The van der Waals surface area contributed by atoms with E-state index < -0.39 is 0 Å². The van der Waals surface area contributed by atoms with Gasteiger partial charge in [0.15, 0.2) is 11.5 Å². The van der Waals surface area contributed by atoms with Crippen LogP contribution in [0.5, 0.6) is 11.5 Å². The minimum absolute atomic E-state index is 0.752. The fourth-order valence-corrected chi connectivity index (χ4v) is 3.63. The molecule has 4 nitrogen and oxygen atoms in total. The van der Waals surface area contributed by atoms with Crippen molar-refractivity contribution in [3.05, 3.63) is 90.7 Å². The number of hydrogen-bond donors (Lipinski definition) is 2. The summed E-state index contributed by atoms with van der Waals surface area (Å²) in [6.45, 7) is 8.49.